The van der Waals surface area contributed by atoms with Crippen LogP contribution in [0, 0.1) is 28.1 Å². The fourth-order valence-corrected chi connectivity index (χ4v) is 7.29. The van der Waals surface area contributed by atoms with Gasteiger partial charge in [-0.1, -0.05) is 95.9 Å². The number of hydrogen-bond acceptors (Lipinski definition) is 3. The van der Waals surface area contributed by atoms with Crippen molar-refractivity contribution in [3.8, 4) is 29.0 Å². The van der Waals surface area contributed by atoms with Crippen LogP contribution in [0.5, 0.6) is 5.75 Å². The van der Waals surface area contributed by atoms with E-state index in [1.54, 1.807) is 0 Å². The first-order valence-electron chi connectivity index (χ1n) is 15.8. The van der Waals surface area contributed by atoms with Gasteiger partial charge in [-0.15, -0.1) is 0 Å². The minimum atomic E-state index is 0.0635. The lowest BCUT2D eigenvalue weighted by Crippen LogP contribution is -2.44. The molecule has 0 spiro atoms. The van der Waals surface area contributed by atoms with E-state index in [-0.39, 0.29) is 5.41 Å². The molecule has 3 fully saturated rings. The molecule has 2 aromatic carbocycles. The average molecular weight is 525 g/mol. The lowest BCUT2D eigenvalue weighted by molar-refractivity contribution is 0.0303. The van der Waals surface area contributed by atoms with E-state index in [0.717, 1.165) is 54.7 Å². The summed E-state index contributed by atoms with van der Waals surface area (Å²) < 4.78 is 5.94. The van der Waals surface area contributed by atoms with E-state index < -0.39 is 0 Å². The zero-order chi connectivity index (χ0) is 27.6. The van der Waals surface area contributed by atoms with Gasteiger partial charge in [0, 0.05) is 5.56 Å². The van der Waals surface area contributed by atoms with E-state index in [1.165, 1.54) is 83.5 Å². The molecule has 208 valence electrons. The van der Waals surface area contributed by atoms with Crippen molar-refractivity contribution in [1.29, 1.82) is 10.5 Å². The molecule has 0 heterocycles. The predicted octanol–water partition coefficient (Wildman–Crippen LogP) is 10.4. The van der Waals surface area contributed by atoms with Crippen LogP contribution in [0.2, 0.25) is 0 Å². The Bertz CT molecular complexity index is 1130. The lowest BCUT2D eigenvalue weighted by Gasteiger charge is -2.54. The van der Waals surface area contributed by atoms with Crippen LogP contribution in [-0.4, -0.2) is 6.61 Å². The first-order valence-corrected chi connectivity index (χ1v) is 15.8. The van der Waals surface area contributed by atoms with Crippen molar-refractivity contribution < 1.29 is 4.74 Å². The lowest BCUT2D eigenvalue weighted by atomic mass is 9.50. The third-order valence-corrected chi connectivity index (χ3v) is 9.89. The molecule has 3 heteroatoms. The molecule has 3 saturated carbocycles. The van der Waals surface area contributed by atoms with Crippen LogP contribution in [-0.2, 0) is 5.41 Å². The maximum atomic E-state index is 10.3. The summed E-state index contributed by atoms with van der Waals surface area (Å²) in [5.74, 6) is 0.863. The first-order chi connectivity index (χ1) is 19.1. The van der Waals surface area contributed by atoms with Gasteiger partial charge in [-0.2, -0.15) is 10.5 Å². The van der Waals surface area contributed by atoms with Crippen LogP contribution in [0.15, 0.2) is 36.4 Å². The Hall–Kier alpha value is -2.78. The SMILES string of the molecule is CCCCCCCOc1ccc(-c2ccc(C34CCC(CCCCCCC)(CC3)CC4)c(C#N)c2C#N)cc1. The van der Waals surface area contributed by atoms with E-state index in [0.29, 0.717) is 16.5 Å². The van der Waals surface area contributed by atoms with Gasteiger partial charge in [0.25, 0.3) is 0 Å². The first kappa shape index (κ1) is 29.2. The van der Waals surface area contributed by atoms with Crippen LogP contribution in [0.1, 0.15) is 140 Å². The van der Waals surface area contributed by atoms with Gasteiger partial charge in [0.1, 0.15) is 17.9 Å². The highest BCUT2D eigenvalue weighted by molar-refractivity contribution is 5.75. The number of nitriles is 2. The van der Waals surface area contributed by atoms with Gasteiger partial charge in [0.05, 0.1) is 17.7 Å². The van der Waals surface area contributed by atoms with Crippen molar-refractivity contribution in [2.24, 2.45) is 5.41 Å². The van der Waals surface area contributed by atoms with E-state index in [1.807, 2.05) is 24.3 Å². The molecular formula is C36H48N2O. The number of rotatable bonds is 15. The van der Waals surface area contributed by atoms with E-state index >= 15 is 0 Å². The zero-order valence-corrected chi connectivity index (χ0v) is 24.5. The Morgan fingerprint density at radius 1 is 0.667 bits per heavy atom. The molecule has 5 rings (SSSR count). The fourth-order valence-electron chi connectivity index (χ4n) is 7.29. The smallest absolute Gasteiger partial charge is 0.119 e. The van der Waals surface area contributed by atoms with Crippen molar-refractivity contribution in [2.75, 3.05) is 6.61 Å². The Morgan fingerprint density at radius 2 is 1.26 bits per heavy atom. The number of benzene rings is 2. The van der Waals surface area contributed by atoms with Crippen molar-refractivity contribution in [3.63, 3.8) is 0 Å². The van der Waals surface area contributed by atoms with Crippen LogP contribution >= 0.6 is 0 Å². The van der Waals surface area contributed by atoms with Gasteiger partial charge in [-0.3, -0.25) is 0 Å². The van der Waals surface area contributed by atoms with E-state index in [9.17, 15) is 10.5 Å². The number of hydrogen-bond donors (Lipinski definition) is 0. The van der Waals surface area contributed by atoms with Gasteiger partial charge in [0.2, 0.25) is 0 Å². The molecule has 0 aliphatic heterocycles. The third kappa shape index (κ3) is 6.87. The van der Waals surface area contributed by atoms with Gasteiger partial charge in [0.15, 0.2) is 0 Å². The molecular weight excluding hydrogens is 476 g/mol. The van der Waals surface area contributed by atoms with E-state index in [2.05, 4.69) is 38.1 Å². The molecule has 0 radical (unpaired) electrons. The molecule has 0 saturated heterocycles. The molecule has 0 N–H and O–H groups in total. The maximum Gasteiger partial charge on any atom is 0.119 e. The summed E-state index contributed by atoms with van der Waals surface area (Å²) in [6.45, 7) is 5.25. The van der Waals surface area contributed by atoms with Gasteiger partial charge < -0.3 is 4.74 Å². The summed E-state index contributed by atoms with van der Waals surface area (Å²) in [5.41, 5.74) is 4.69. The predicted molar refractivity (Wildman–Crippen MR) is 161 cm³/mol. The minimum absolute atomic E-state index is 0.0635. The van der Waals surface area contributed by atoms with Crippen molar-refractivity contribution in [2.45, 2.75) is 128 Å². The normalized spacial score (nSPS) is 21.8. The Kier molecular flexibility index (Phi) is 10.5. The van der Waals surface area contributed by atoms with Crippen LogP contribution in [0.3, 0.4) is 0 Å². The highest BCUT2D eigenvalue weighted by Gasteiger charge is 2.49. The van der Waals surface area contributed by atoms with Crippen molar-refractivity contribution in [1.82, 2.24) is 0 Å². The molecule has 0 aromatic heterocycles. The molecule has 3 nitrogen and oxygen atoms in total. The molecule has 2 bridgehead atoms. The second-order valence-electron chi connectivity index (χ2n) is 12.4. The molecule has 39 heavy (non-hydrogen) atoms. The largest absolute Gasteiger partial charge is 0.494 e. The Balaban J connectivity index is 1.44. The van der Waals surface area contributed by atoms with Gasteiger partial charge in [-0.05, 0) is 85.5 Å². The summed E-state index contributed by atoms with van der Waals surface area (Å²) in [5, 5.41) is 20.5. The second-order valence-corrected chi connectivity index (χ2v) is 12.4. The molecule has 0 amide bonds. The van der Waals surface area contributed by atoms with Crippen LogP contribution in [0.4, 0.5) is 0 Å². The standard InChI is InChI=1S/C36H48N2O/c1-3-5-7-9-11-19-35-20-23-36(24-21-35,25-22-35)34-18-17-31(32(27-37)33(34)28-38)29-13-15-30(16-14-29)39-26-12-10-8-6-4-2/h13-18H,3-12,19-26H2,1-2H3. The average Bonchev–Trinajstić information content (AvgIpc) is 2.99. The number of ether oxygens (including phenoxy) is 1. The third-order valence-electron chi connectivity index (χ3n) is 9.89. The van der Waals surface area contributed by atoms with E-state index in [4.69, 9.17) is 4.74 Å². The minimum Gasteiger partial charge on any atom is -0.494 e. The summed E-state index contributed by atoms with van der Waals surface area (Å²) in [6, 6.07) is 17.2. The zero-order valence-electron chi connectivity index (χ0n) is 24.5. The Morgan fingerprint density at radius 3 is 1.85 bits per heavy atom. The number of unbranched alkanes of at least 4 members (excludes halogenated alkanes) is 8. The molecule has 0 unspecified atom stereocenters. The molecule has 2 aromatic rings. The highest BCUT2D eigenvalue weighted by atomic mass is 16.5. The van der Waals surface area contributed by atoms with Gasteiger partial charge in [-0.25, -0.2) is 0 Å². The fraction of sp³-hybridized carbons (Fsp3) is 0.611. The monoisotopic (exact) mass is 524 g/mol. The topological polar surface area (TPSA) is 56.8 Å². The summed E-state index contributed by atoms with van der Waals surface area (Å²) in [7, 11) is 0. The maximum absolute atomic E-state index is 10.3. The van der Waals surface area contributed by atoms with Crippen LogP contribution < -0.4 is 4.74 Å². The summed E-state index contributed by atoms with van der Waals surface area (Å²) in [6.07, 6.45) is 21.6. The Labute approximate surface area is 237 Å². The second kappa shape index (κ2) is 14.0. The molecule has 0 atom stereocenters. The quantitative estimate of drug-likeness (QED) is 0.218. The van der Waals surface area contributed by atoms with Crippen LogP contribution in [0.25, 0.3) is 11.1 Å². The molecule has 3 aliphatic rings. The summed E-state index contributed by atoms with van der Waals surface area (Å²) in [4.78, 5) is 0. The van der Waals surface area contributed by atoms with Crippen molar-refractivity contribution >= 4 is 0 Å². The van der Waals surface area contributed by atoms with Gasteiger partial charge >= 0.3 is 0 Å². The highest BCUT2D eigenvalue weighted by Crippen LogP contribution is 2.60. The summed E-state index contributed by atoms with van der Waals surface area (Å²) >= 11 is 0. The number of fused-ring (bicyclic) bond motifs is 3. The molecule has 3 aliphatic carbocycles. The van der Waals surface area contributed by atoms with Crippen molar-refractivity contribution in [3.05, 3.63) is 53.1 Å². The number of nitrogens with zero attached hydrogens (tertiary/aromatic N) is 2.